The molecule has 0 N–H and O–H groups in total. The maximum absolute atomic E-state index is 4.38. The zero-order valence-corrected chi connectivity index (χ0v) is 10.5. The third-order valence-electron chi connectivity index (χ3n) is 1.77. The minimum atomic E-state index is 0.874. The van der Waals surface area contributed by atoms with Crippen LogP contribution in [0.3, 0.4) is 0 Å². The predicted molar refractivity (Wildman–Crippen MR) is 64.4 cm³/mol. The first kappa shape index (κ1) is 9.49. The van der Waals surface area contributed by atoms with Gasteiger partial charge in [0.2, 0.25) is 0 Å². The number of rotatable bonds is 0. The van der Waals surface area contributed by atoms with Gasteiger partial charge < -0.3 is 0 Å². The van der Waals surface area contributed by atoms with Crippen LogP contribution in [0.2, 0.25) is 0 Å². The van der Waals surface area contributed by atoms with E-state index in [-0.39, 0.29) is 0 Å². The second kappa shape index (κ2) is 3.59. The van der Waals surface area contributed by atoms with Crippen LogP contribution >= 0.6 is 44.5 Å². The summed E-state index contributed by atoms with van der Waals surface area (Å²) >= 11 is 11.3. The van der Waals surface area contributed by atoms with Crippen molar-refractivity contribution in [2.24, 2.45) is 0 Å². The van der Waals surface area contributed by atoms with Gasteiger partial charge in [0, 0.05) is 25.4 Å². The number of hydrogen-bond donors (Lipinski definition) is 1. The number of pyridine rings is 1. The molecular formula is C9H5Br2NS. The molecule has 4 heteroatoms. The van der Waals surface area contributed by atoms with Crippen LogP contribution in [0.1, 0.15) is 0 Å². The molecule has 0 aliphatic heterocycles. The Balaban J connectivity index is 2.97. The lowest BCUT2D eigenvalue weighted by atomic mass is 10.2. The summed E-state index contributed by atoms with van der Waals surface area (Å²) in [6.45, 7) is 0. The van der Waals surface area contributed by atoms with Gasteiger partial charge in [-0.3, -0.25) is 4.98 Å². The van der Waals surface area contributed by atoms with E-state index in [0.29, 0.717) is 0 Å². The molecule has 1 nitrogen and oxygen atoms in total. The molecule has 1 heterocycles. The second-order valence-electron chi connectivity index (χ2n) is 2.59. The third-order valence-corrected chi connectivity index (χ3v) is 3.81. The summed E-state index contributed by atoms with van der Waals surface area (Å²) in [5.74, 6) is 0. The maximum atomic E-state index is 4.38. The largest absolute Gasteiger partial charge is 0.255 e. The van der Waals surface area contributed by atoms with Gasteiger partial charge in [0.15, 0.2) is 0 Å². The van der Waals surface area contributed by atoms with Crippen LogP contribution in [0.5, 0.6) is 0 Å². The molecule has 0 spiro atoms. The summed E-state index contributed by atoms with van der Waals surface area (Å²) in [5.41, 5.74) is 0.909. The van der Waals surface area contributed by atoms with E-state index in [1.807, 2.05) is 18.2 Å². The number of aromatic nitrogens is 1. The average Bonchev–Trinajstić information content (AvgIpc) is 2.15. The molecule has 0 bridgehead atoms. The first-order valence-electron chi connectivity index (χ1n) is 3.62. The summed E-state index contributed by atoms with van der Waals surface area (Å²) in [7, 11) is 0. The highest BCUT2D eigenvalue weighted by Crippen LogP contribution is 2.33. The fraction of sp³-hybridized carbons (Fsp3) is 0. The molecule has 0 aliphatic carbocycles. The number of nitrogens with zero attached hydrogens (tertiary/aromatic N) is 1. The summed E-state index contributed by atoms with van der Waals surface area (Å²) in [6.07, 6.45) is 1.76. The van der Waals surface area contributed by atoms with E-state index in [0.717, 1.165) is 24.7 Å². The zero-order chi connectivity index (χ0) is 9.42. The first-order chi connectivity index (χ1) is 6.20. The topological polar surface area (TPSA) is 12.9 Å². The molecule has 0 radical (unpaired) electrons. The van der Waals surface area contributed by atoms with Crippen molar-refractivity contribution in [1.82, 2.24) is 4.98 Å². The predicted octanol–water partition coefficient (Wildman–Crippen LogP) is 4.05. The Morgan fingerprint density at radius 3 is 2.77 bits per heavy atom. The average molecular weight is 319 g/mol. The number of halogens is 2. The molecule has 1 aromatic heterocycles. The van der Waals surface area contributed by atoms with Crippen molar-refractivity contribution in [3.63, 3.8) is 0 Å². The Morgan fingerprint density at radius 2 is 2.00 bits per heavy atom. The van der Waals surface area contributed by atoms with Crippen LogP contribution in [0.15, 0.2) is 38.2 Å². The summed E-state index contributed by atoms with van der Waals surface area (Å²) < 4.78 is 1.98. The van der Waals surface area contributed by atoms with Gasteiger partial charge in [0.05, 0.1) is 5.52 Å². The summed E-state index contributed by atoms with van der Waals surface area (Å²) in [6, 6.07) is 5.90. The van der Waals surface area contributed by atoms with E-state index in [4.69, 9.17) is 0 Å². The van der Waals surface area contributed by atoms with Gasteiger partial charge in [0.1, 0.15) is 0 Å². The number of benzene rings is 1. The fourth-order valence-electron chi connectivity index (χ4n) is 1.16. The van der Waals surface area contributed by atoms with Gasteiger partial charge in [-0.1, -0.05) is 22.0 Å². The molecule has 13 heavy (non-hydrogen) atoms. The van der Waals surface area contributed by atoms with Crippen molar-refractivity contribution < 1.29 is 0 Å². The van der Waals surface area contributed by atoms with E-state index < -0.39 is 0 Å². The molecule has 2 aromatic rings. The molecule has 1 aromatic carbocycles. The summed E-state index contributed by atoms with van der Waals surface area (Å²) in [4.78, 5) is 5.14. The van der Waals surface area contributed by atoms with E-state index in [1.165, 1.54) is 0 Å². The van der Waals surface area contributed by atoms with Crippen molar-refractivity contribution in [3.8, 4) is 0 Å². The minimum absolute atomic E-state index is 0.874. The number of hydrogen-bond acceptors (Lipinski definition) is 2. The number of thiol groups is 1. The second-order valence-corrected chi connectivity index (χ2v) is 4.74. The Hall–Kier alpha value is -0.0600. The molecule has 0 atom stereocenters. The Morgan fingerprint density at radius 1 is 1.23 bits per heavy atom. The van der Waals surface area contributed by atoms with E-state index in [1.54, 1.807) is 6.20 Å². The molecule has 0 saturated carbocycles. The van der Waals surface area contributed by atoms with Crippen LogP contribution in [-0.2, 0) is 0 Å². The third kappa shape index (κ3) is 1.63. The fourth-order valence-corrected chi connectivity index (χ4v) is 2.67. The summed E-state index contributed by atoms with van der Waals surface area (Å²) in [5, 5.41) is 1.08. The van der Waals surface area contributed by atoms with Crippen LogP contribution < -0.4 is 0 Å². The van der Waals surface area contributed by atoms with Crippen LogP contribution in [0, 0.1) is 0 Å². The van der Waals surface area contributed by atoms with Crippen molar-refractivity contribution in [2.75, 3.05) is 0 Å². The van der Waals surface area contributed by atoms with E-state index in [2.05, 4.69) is 49.5 Å². The lowest BCUT2D eigenvalue weighted by Crippen LogP contribution is -1.82. The highest BCUT2D eigenvalue weighted by molar-refractivity contribution is 9.11. The molecule has 66 valence electrons. The van der Waals surface area contributed by atoms with Gasteiger partial charge in [0.25, 0.3) is 0 Å². The standard InChI is InChI=1S/C9H5Br2NS/c10-6-4-7(11)9(13)8-5(6)2-1-3-12-8/h1-4,13H. The normalized spacial score (nSPS) is 10.7. The maximum Gasteiger partial charge on any atom is 0.0857 e. The molecule has 2 rings (SSSR count). The van der Waals surface area contributed by atoms with Crippen LogP contribution in [0.25, 0.3) is 10.9 Å². The molecule has 0 unspecified atom stereocenters. The molecule has 0 saturated heterocycles. The van der Waals surface area contributed by atoms with Crippen molar-refractivity contribution >= 4 is 55.4 Å². The first-order valence-corrected chi connectivity index (χ1v) is 5.65. The Bertz CT molecular complexity index is 470. The number of fused-ring (bicyclic) bond motifs is 1. The van der Waals surface area contributed by atoms with Gasteiger partial charge >= 0.3 is 0 Å². The molecule has 0 amide bonds. The van der Waals surface area contributed by atoms with Gasteiger partial charge in [-0.15, -0.1) is 12.6 Å². The van der Waals surface area contributed by atoms with E-state index >= 15 is 0 Å². The minimum Gasteiger partial charge on any atom is -0.255 e. The van der Waals surface area contributed by atoms with Crippen LogP contribution in [0.4, 0.5) is 0 Å². The smallest absolute Gasteiger partial charge is 0.0857 e. The van der Waals surface area contributed by atoms with Gasteiger partial charge in [-0.05, 0) is 28.1 Å². The van der Waals surface area contributed by atoms with E-state index in [9.17, 15) is 0 Å². The van der Waals surface area contributed by atoms with Crippen LogP contribution in [-0.4, -0.2) is 4.98 Å². The van der Waals surface area contributed by atoms with Gasteiger partial charge in [-0.25, -0.2) is 0 Å². The monoisotopic (exact) mass is 317 g/mol. The zero-order valence-electron chi connectivity index (χ0n) is 6.46. The van der Waals surface area contributed by atoms with Crippen molar-refractivity contribution in [3.05, 3.63) is 33.3 Å². The SMILES string of the molecule is Sc1c(Br)cc(Br)c2cccnc12. The molecule has 0 fully saturated rings. The Labute approximate surface area is 98.2 Å². The molecule has 0 aliphatic rings. The van der Waals surface area contributed by atoms with Crippen molar-refractivity contribution in [2.45, 2.75) is 4.90 Å². The molecular weight excluding hydrogens is 314 g/mol. The lowest BCUT2D eigenvalue weighted by Gasteiger charge is -2.04. The lowest BCUT2D eigenvalue weighted by molar-refractivity contribution is 1.33. The van der Waals surface area contributed by atoms with Gasteiger partial charge in [-0.2, -0.15) is 0 Å². The highest BCUT2D eigenvalue weighted by Gasteiger charge is 2.06. The Kier molecular flexibility index (Phi) is 2.62. The van der Waals surface area contributed by atoms with Crippen molar-refractivity contribution in [1.29, 1.82) is 0 Å². The highest BCUT2D eigenvalue weighted by atomic mass is 79.9. The quantitative estimate of drug-likeness (QED) is 0.723.